The van der Waals surface area contributed by atoms with Gasteiger partial charge in [-0.3, -0.25) is 0 Å². The van der Waals surface area contributed by atoms with Crippen LogP contribution in [0.4, 0.5) is 5.82 Å². The van der Waals surface area contributed by atoms with Crippen molar-refractivity contribution in [2.45, 2.75) is 0 Å². The molecule has 0 saturated carbocycles. The van der Waals surface area contributed by atoms with Gasteiger partial charge in [0.1, 0.15) is 10.8 Å². The highest BCUT2D eigenvalue weighted by atomic mass is 35.5. The molecule has 76 valence electrons. The Morgan fingerprint density at radius 3 is 2.27 bits per heavy atom. The van der Waals surface area contributed by atoms with Crippen LogP contribution in [0.1, 0.15) is 0 Å². The van der Waals surface area contributed by atoms with Crippen LogP contribution in [0.2, 0.25) is 10.2 Å². The zero-order valence-corrected chi connectivity index (χ0v) is 9.13. The van der Waals surface area contributed by atoms with Gasteiger partial charge in [0.15, 0.2) is 11.0 Å². The molecule has 0 unspecified atom stereocenters. The van der Waals surface area contributed by atoms with Crippen LogP contribution in [0.5, 0.6) is 0 Å². The lowest BCUT2D eigenvalue weighted by molar-refractivity contribution is 1.18. The summed E-state index contributed by atoms with van der Waals surface area (Å²) in [6.45, 7) is 0. The number of hydrogen-bond acceptors (Lipinski definition) is 3. The van der Waals surface area contributed by atoms with Crippen molar-refractivity contribution in [3.63, 3.8) is 0 Å². The Labute approximate surface area is 96.9 Å². The summed E-state index contributed by atoms with van der Waals surface area (Å²) in [5, 5.41) is 0.361. The smallest absolute Gasteiger partial charge is 0.163 e. The van der Waals surface area contributed by atoms with Gasteiger partial charge in [-0.05, 0) is 0 Å². The Morgan fingerprint density at radius 2 is 1.67 bits per heavy atom. The summed E-state index contributed by atoms with van der Waals surface area (Å²) in [4.78, 5) is 8.10. The lowest BCUT2D eigenvalue weighted by Gasteiger charge is -2.03. The third-order valence-corrected chi connectivity index (χ3v) is 2.61. The summed E-state index contributed by atoms with van der Waals surface area (Å²) in [5.74, 6) is 0.665. The molecule has 0 amide bonds. The maximum atomic E-state index is 5.81. The number of anilines is 1. The minimum absolute atomic E-state index is 0.169. The van der Waals surface area contributed by atoms with E-state index in [4.69, 9.17) is 28.9 Å². The van der Waals surface area contributed by atoms with Crippen molar-refractivity contribution in [1.82, 2.24) is 9.97 Å². The van der Waals surface area contributed by atoms with Crippen molar-refractivity contribution >= 4 is 29.0 Å². The molecular weight excluding hydrogens is 233 g/mol. The Hall–Kier alpha value is -1.32. The first-order valence-electron chi connectivity index (χ1n) is 4.22. The number of halogens is 2. The van der Waals surface area contributed by atoms with E-state index in [0.29, 0.717) is 5.82 Å². The van der Waals surface area contributed by atoms with Crippen molar-refractivity contribution in [3.8, 4) is 11.4 Å². The van der Waals surface area contributed by atoms with Crippen LogP contribution in [0.15, 0.2) is 30.3 Å². The predicted molar refractivity (Wildman–Crippen MR) is 61.9 cm³/mol. The van der Waals surface area contributed by atoms with Crippen molar-refractivity contribution < 1.29 is 0 Å². The average Bonchev–Trinajstić information content (AvgIpc) is 2.26. The number of rotatable bonds is 1. The first-order valence-corrected chi connectivity index (χ1v) is 4.98. The number of nitrogen functional groups attached to an aromatic ring is 1. The van der Waals surface area contributed by atoms with Crippen LogP contribution in [-0.4, -0.2) is 9.97 Å². The van der Waals surface area contributed by atoms with E-state index in [1.807, 2.05) is 30.3 Å². The van der Waals surface area contributed by atoms with E-state index in [2.05, 4.69) is 9.97 Å². The van der Waals surface area contributed by atoms with Crippen LogP contribution < -0.4 is 5.73 Å². The van der Waals surface area contributed by atoms with Crippen LogP contribution in [0, 0.1) is 0 Å². The lowest BCUT2D eigenvalue weighted by Crippen LogP contribution is -1.97. The number of nitrogens with zero attached hydrogens (tertiary/aromatic N) is 2. The fourth-order valence-corrected chi connectivity index (χ4v) is 1.41. The van der Waals surface area contributed by atoms with Gasteiger partial charge in [0.2, 0.25) is 0 Å². The fourth-order valence-electron chi connectivity index (χ4n) is 1.15. The van der Waals surface area contributed by atoms with Crippen molar-refractivity contribution in [1.29, 1.82) is 0 Å². The highest BCUT2D eigenvalue weighted by molar-refractivity contribution is 6.42. The van der Waals surface area contributed by atoms with Gasteiger partial charge in [0.05, 0.1) is 0 Å². The zero-order valence-electron chi connectivity index (χ0n) is 7.61. The largest absolute Gasteiger partial charge is 0.382 e. The molecule has 15 heavy (non-hydrogen) atoms. The van der Waals surface area contributed by atoms with E-state index in [1.165, 1.54) is 0 Å². The highest BCUT2D eigenvalue weighted by Crippen LogP contribution is 2.27. The summed E-state index contributed by atoms with van der Waals surface area (Å²) in [6.07, 6.45) is 0. The monoisotopic (exact) mass is 239 g/mol. The van der Waals surface area contributed by atoms with E-state index in [0.717, 1.165) is 5.56 Å². The predicted octanol–water partition coefficient (Wildman–Crippen LogP) is 3.03. The van der Waals surface area contributed by atoms with Crippen molar-refractivity contribution in [2.24, 2.45) is 0 Å². The van der Waals surface area contributed by atoms with Gasteiger partial charge in [0, 0.05) is 5.56 Å². The second-order valence-electron chi connectivity index (χ2n) is 2.90. The minimum atomic E-state index is 0.169. The summed E-state index contributed by atoms with van der Waals surface area (Å²) in [5.41, 5.74) is 6.44. The third-order valence-electron chi connectivity index (χ3n) is 1.87. The number of nitrogens with two attached hydrogens (primary N) is 1. The normalized spacial score (nSPS) is 10.3. The second kappa shape index (κ2) is 4.04. The van der Waals surface area contributed by atoms with Gasteiger partial charge in [-0.2, -0.15) is 0 Å². The molecule has 3 nitrogen and oxygen atoms in total. The van der Waals surface area contributed by atoms with Gasteiger partial charge in [0.25, 0.3) is 0 Å². The van der Waals surface area contributed by atoms with E-state index in [-0.39, 0.29) is 16.0 Å². The molecule has 0 spiro atoms. The fraction of sp³-hybridized carbons (Fsp3) is 0. The van der Waals surface area contributed by atoms with Crippen LogP contribution in [-0.2, 0) is 0 Å². The molecule has 1 aromatic heterocycles. The molecule has 0 saturated heterocycles. The summed E-state index contributed by atoms with van der Waals surface area (Å²) in [6, 6.07) is 9.43. The molecule has 0 fully saturated rings. The molecule has 0 atom stereocenters. The van der Waals surface area contributed by atoms with Gasteiger partial charge in [-0.15, -0.1) is 0 Å². The molecule has 0 bridgehead atoms. The maximum Gasteiger partial charge on any atom is 0.163 e. The number of hydrogen-bond donors (Lipinski definition) is 1. The molecule has 0 aliphatic rings. The minimum Gasteiger partial charge on any atom is -0.382 e. The number of aromatic nitrogens is 2. The van der Waals surface area contributed by atoms with Crippen molar-refractivity contribution in [3.05, 3.63) is 40.5 Å². The Balaban J connectivity index is 2.56. The third kappa shape index (κ3) is 2.03. The summed E-state index contributed by atoms with van der Waals surface area (Å²) in [7, 11) is 0. The van der Waals surface area contributed by atoms with Crippen molar-refractivity contribution in [2.75, 3.05) is 5.73 Å². The molecule has 0 radical (unpaired) electrons. The molecule has 1 heterocycles. The Kier molecular flexibility index (Phi) is 2.75. The van der Waals surface area contributed by atoms with E-state index in [9.17, 15) is 0 Å². The number of benzene rings is 1. The highest BCUT2D eigenvalue weighted by Gasteiger charge is 2.09. The molecule has 2 rings (SSSR count). The Morgan fingerprint density at radius 1 is 1.00 bits per heavy atom. The van der Waals surface area contributed by atoms with E-state index >= 15 is 0 Å². The maximum absolute atomic E-state index is 5.81. The second-order valence-corrected chi connectivity index (χ2v) is 3.64. The summed E-state index contributed by atoms with van der Waals surface area (Å²) < 4.78 is 0. The van der Waals surface area contributed by atoms with Crippen LogP contribution in [0.3, 0.4) is 0 Å². The first kappa shape index (κ1) is 10.2. The van der Waals surface area contributed by atoms with E-state index in [1.54, 1.807) is 0 Å². The lowest BCUT2D eigenvalue weighted by atomic mass is 10.2. The molecule has 5 heteroatoms. The Bertz CT molecular complexity index is 462. The summed E-state index contributed by atoms with van der Waals surface area (Å²) >= 11 is 11.6. The van der Waals surface area contributed by atoms with Gasteiger partial charge in [-0.1, -0.05) is 53.5 Å². The van der Waals surface area contributed by atoms with Crippen LogP contribution in [0.25, 0.3) is 11.4 Å². The molecule has 2 aromatic rings. The standard InChI is InChI=1S/C10H7Cl2N3/c11-7-8(12)14-10(15-9(7)13)6-4-2-1-3-5-6/h1-5H,(H2,13,14,15). The quantitative estimate of drug-likeness (QED) is 0.779. The molecular formula is C10H7Cl2N3. The molecule has 0 aliphatic heterocycles. The molecule has 1 aromatic carbocycles. The zero-order chi connectivity index (χ0) is 10.8. The van der Waals surface area contributed by atoms with Gasteiger partial charge >= 0.3 is 0 Å². The van der Waals surface area contributed by atoms with Gasteiger partial charge < -0.3 is 5.73 Å². The van der Waals surface area contributed by atoms with Gasteiger partial charge in [-0.25, -0.2) is 9.97 Å². The SMILES string of the molecule is Nc1nc(-c2ccccc2)nc(Cl)c1Cl. The molecule has 2 N–H and O–H groups in total. The molecule has 0 aliphatic carbocycles. The van der Waals surface area contributed by atoms with Crippen LogP contribution >= 0.6 is 23.2 Å². The average molecular weight is 240 g/mol. The van der Waals surface area contributed by atoms with E-state index < -0.39 is 0 Å². The topological polar surface area (TPSA) is 51.8 Å². The first-order chi connectivity index (χ1) is 7.18.